The monoisotopic (exact) mass is 362 g/mol. The van der Waals surface area contributed by atoms with Crippen molar-refractivity contribution in [1.29, 1.82) is 0 Å². The van der Waals surface area contributed by atoms with Crippen molar-refractivity contribution in [1.82, 2.24) is 0 Å². The Labute approximate surface area is 154 Å². The lowest BCUT2D eigenvalue weighted by Crippen LogP contribution is -2.45. The summed E-state index contributed by atoms with van der Waals surface area (Å²) in [5, 5.41) is 0.200. The zero-order valence-electron chi connectivity index (χ0n) is 16.7. The number of fused-ring (bicyclic) bond motifs is 2. The second kappa shape index (κ2) is 6.17. The Kier molecular flexibility index (Phi) is 4.71. The van der Waals surface area contributed by atoms with E-state index in [9.17, 15) is 4.79 Å². The van der Waals surface area contributed by atoms with Crippen LogP contribution in [0.3, 0.4) is 0 Å². The Hall–Kier alpha value is -0.713. The zero-order chi connectivity index (χ0) is 18.6. The maximum Gasteiger partial charge on any atom is 0.192 e. The first kappa shape index (κ1) is 19.1. The Balaban J connectivity index is 1.69. The Bertz CT molecular complexity index is 601. The highest BCUT2D eigenvalue weighted by Gasteiger charge is 2.49. The van der Waals surface area contributed by atoms with E-state index in [1.807, 2.05) is 0 Å². The van der Waals surface area contributed by atoms with E-state index in [1.54, 1.807) is 6.08 Å². The number of hydrogen-bond acceptors (Lipinski definition) is 3. The molecule has 2 aliphatic carbocycles. The fourth-order valence-corrected chi connectivity index (χ4v) is 5.51. The average Bonchev–Trinajstić information content (AvgIpc) is 3.14. The van der Waals surface area contributed by atoms with E-state index >= 15 is 0 Å². The largest absolute Gasteiger partial charge is 0.411 e. The fraction of sp³-hybridized carbons (Fsp3) is 0.762. The molecule has 0 amide bonds. The van der Waals surface area contributed by atoms with E-state index in [-0.39, 0.29) is 34.4 Å². The van der Waals surface area contributed by atoms with Crippen molar-refractivity contribution in [3.63, 3.8) is 0 Å². The van der Waals surface area contributed by atoms with Crippen LogP contribution in [0.15, 0.2) is 24.3 Å². The maximum absolute atomic E-state index is 12.0. The highest BCUT2D eigenvalue weighted by molar-refractivity contribution is 6.74. The van der Waals surface area contributed by atoms with Crippen LogP contribution in [0.25, 0.3) is 0 Å². The molecule has 3 aliphatic rings. The minimum absolute atomic E-state index is 0.0564. The van der Waals surface area contributed by atoms with Crippen molar-refractivity contribution in [3.05, 3.63) is 24.3 Å². The van der Waals surface area contributed by atoms with Gasteiger partial charge in [-0.15, -0.1) is 0 Å². The van der Waals surface area contributed by atoms with Crippen LogP contribution in [0.4, 0.5) is 0 Å². The molecule has 0 aromatic heterocycles. The second-order valence-corrected chi connectivity index (χ2v) is 14.7. The van der Waals surface area contributed by atoms with E-state index in [0.29, 0.717) is 6.10 Å². The van der Waals surface area contributed by atoms with Gasteiger partial charge in [0.2, 0.25) is 0 Å². The lowest BCUT2D eigenvalue weighted by atomic mass is 9.76. The fourth-order valence-electron chi connectivity index (χ4n) is 4.14. The van der Waals surface area contributed by atoms with E-state index in [1.165, 1.54) is 0 Å². The Morgan fingerprint density at radius 3 is 2.64 bits per heavy atom. The van der Waals surface area contributed by atoms with E-state index in [0.717, 1.165) is 31.3 Å². The maximum atomic E-state index is 12.0. The average molecular weight is 363 g/mol. The quantitative estimate of drug-likeness (QED) is 0.378. The summed E-state index contributed by atoms with van der Waals surface area (Å²) < 4.78 is 12.5. The number of allylic oxidation sites excluding steroid dienone is 3. The van der Waals surface area contributed by atoms with Crippen LogP contribution in [-0.4, -0.2) is 32.4 Å². The van der Waals surface area contributed by atoms with Crippen LogP contribution < -0.4 is 0 Å². The van der Waals surface area contributed by atoms with Crippen LogP contribution in [0.1, 0.15) is 53.4 Å². The molecule has 0 spiro atoms. The predicted molar refractivity (Wildman–Crippen MR) is 104 cm³/mol. The lowest BCUT2D eigenvalue weighted by molar-refractivity contribution is -0.117. The number of carbonyl (C=O) groups is 1. The normalized spacial score (nSPS) is 36.0. The van der Waals surface area contributed by atoms with Gasteiger partial charge in [0.1, 0.15) is 6.10 Å². The third-order valence-corrected chi connectivity index (χ3v) is 11.4. The summed E-state index contributed by atoms with van der Waals surface area (Å²) in [7, 11) is -1.83. The molecular formula is C21H34O3Si. The molecule has 0 aromatic rings. The van der Waals surface area contributed by atoms with Crippen molar-refractivity contribution >= 4 is 14.1 Å². The SMILES string of the molecule is C=C1C[C@@]2(CC[C@H](O[Si](C)(C)C(C)(C)C)C3OC3C)C=CC(=O)[C@@H]1C2. The number of hydrogen-bond donors (Lipinski definition) is 0. The van der Waals surface area contributed by atoms with E-state index < -0.39 is 8.32 Å². The van der Waals surface area contributed by atoms with Gasteiger partial charge >= 0.3 is 0 Å². The van der Waals surface area contributed by atoms with Crippen molar-refractivity contribution in [2.24, 2.45) is 11.3 Å². The van der Waals surface area contributed by atoms with Crippen LogP contribution in [-0.2, 0) is 14.0 Å². The molecule has 2 unspecified atom stereocenters. The third kappa shape index (κ3) is 3.72. The van der Waals surface area contributed by atoms with Gasteiger partial charge in [-0.3, -0.25) is 4.79 Å². The molecule has 2 bridgehead atoms. The minimum Gasteiger partial charge on any atom is -0.411 e. The summed E-state index contributed by atoms with van der Waals surface area (Å²) in [6.45, 7) is 17.8. The minimum atomic E-state index is -1.83. The van der Waals surface area contributed by atoms with Gasteiger partial charge in [-0.05, 0) is 62.2 Å². The summed E-state index contributed by atoms with van der Waals surface area (Å²) in [5.74, 6) is 0.298. The van der Waals surface area contributed by atoms with Gasteiger partial charge in [-0.1, -0.05) is 39.0 Å². The molecule has 5 atom stereocenters. The first-order chi connectivity index (χ1) is 11.4. The smallest absolute Gasteiger partial charge is 0.192 e. The van der Waals surface area contributed by atoms with Gasteiger partial charge in [0, 0.05) is 5.92 Å². The van der Waals surface area contributed by atoms with Crippen LogP contribution in [0.2, 0.25) is 18.1 Å². The van der Waals surface area contributed by atoms with Gasteiger partial charge in [0.15, 0.2) is 14.1 Å². The molecule has 0 N–H and O–H groups in total. The second-order valence-electron chi connectivity index (χ2n) is 9.95. The Morgan fingerprint density at radius 2 is 2.08 bits per heavy atom. The molecule has 1 saturated heterocycles. The molecular weight excluding hydrogens is 328 g/mol. The van der Waals surface area contributed by atoms with E-state index in [4.69, 9.17) is 9.16 Å². The number of carbonyl (C=O) groups excluding carboxylic acids is 1. The summed E-state index contributed by atoms with van der Waals surface area (Å²) >= 11 is 0. The van der Waals surface area contributed by atoms with Crippen molar-refractivity contribution < 1.29 is 14.0 Å². The summed E-state index contributed by atoms with van der Waals surface area (Å²) in [6.07, 6.45) is 8.61. The number of ether oxygens (including phenoxy) is 1. The standard InChI is InChI=1S/C21H34O3Si/c1-14-12-21(10-8-17(22)16(14)13-21)11-9-18(19-15(2)23-19)24-25(6,7)20(3,4)5/h8,10,15-16,18-19H,1,9,11-13H2,2-7H3/t15?,16-,18+,19?,21+/m1/s1. The predicted octanol–water partition coefficient (Wildman–Crippen LogP) is 5.04. The van der Waals surface area contributed by atoms with Crippen molar-refractivity contribution in [2.75, 3.05) is 0 Å². The first-order valence-corrected chi connectivity index (χ1v) is 12.6. The summed E-state index contributed by atoms with van der Waals surface area (Å²) in [4.78, 5) is 12.0. The molecule has 2 fully saturated rings. The molecule has 3 nitrogen and oxygen atoms in total. The van der Waals surface area contributed by atoms with Crippen molar-refractivity contribution in [3.8, 4) is 0 Å². The zero-order valence-corrected chi connectivity index (χ0v) is 17.7. The van der Waals surface area contributed by atoms with Crippen LogP contribution in [0, 0.1) is 11.3 Å². The van der Waals surface area contributed by atoms with E-state index in [2.05, 4.69) is 53.4 Å². The van der Waals surface area contributed by atoms with Gasteiger partial charge in [0.05, 0.1) is 12.2 Å². The molecule has 3 rings (SSSR count). The molecule has 1 aliphatic heterocycles. The first-order valence-electron chi connectivity index (χ1n) is 9.68. The molecule has 1 heterocycles. The summed E-state index contributed by atoms with van der Waals surface area (Å²) in [5.41, 5.74) is 1.23. The van der Waals surface area contributed by atoms with Crippen molar-refractivity contribution in [2.45, 2.75) is 89.8 Å². The molecule has 4 heteroatoms. The lowest BCUT2D eigenvalue weighted by Gasteiger charge is -2.40. The third-order valence-electron chi connectivity index (χ3n) is 6.93. The molecule has 140 valence electrons. The molecule has 25 heavy (non-hydrogen) atoms. The van der Waals surface area contributed by atoms with Crippen LogP contribution >= 0.6 is 0 Å². The molecule has 0 aromatic carbocycles. The Morgan fingerprint density at radius 1 is 1.44 bits per heavy atom. The number of epoxide rings is 1. The summed E-state index contributed by atoms with van der Waals surface area (Å²) in [6, 6.07) is 0. The molecule has 1 saturated carbocycles. The number of ketones is 1. The highest BCUT2D eigenvalue weighted by Crippen LogP contribution is 2.52. The van der Waals surface area contributed by atoms with Crippen LogP contribution in [0.5, 0.6) is 0 Å². The number of rotatable bonds is 6. The van der Waals surface area contributed by atoms with Gasteiger partial charge in [-0.2, -0.15) is 0 Å². The molecule has 0 radical (unpaired) electrons. The highest BCUT2D eigenvalue weighted by atomic mass is 28.4. The van der Waals surface area contributed by atoms with Gasteiger partial charge in [-0.25, -0.2) is 0 Å². The topological polar surface area (TPSA) is 38.8 Å². The van der Waals surface area contributed by atoms with Gasteiger partial charge < -0.3 is 9.16 Å². The van der Waals surface area contributed by atoms with Gasteiger partial charge in [0.25, 0.3) is 0 Å².